The molecule has 0 atom stereocenters. The molecule has 0 saturated carbocycles. The molecule has 0 aliphatic heterocycles. The van der Waals surface area contributed by atoms with E-state index in [0.717, 1.165) is 18.0 Å². The molecule has 0 amide bonds. The lowest BCUT2D eigenvalue weighted by molar-refractivity contribution is 0.962. The van der Waals surface area contributed by atoms with Gasteiger partial charge in [0.05, 0.1) is 17.2 Å². The molecule has 0 bridgehead atoms. The molecule has 2 aromatic heterocycles. The van der Waals surface area contributed by atoms with E-state index in [0.29, 0.717) is 0 Å². The van der Waals surface area contributed by atoms with Gasteiger partial charge in [-0.05, 0) is 23.8 Å². The van der Waals surface area contributed by atoms with Crippen LogP contribution in [0, 0.1) is 0 Å². The number of nitrogens with zero attached hydrogens (tertiary/aromatic N) is 2. The highest BCUT2D eigenvalue weighted by Gasteiger charge is 2.06. The maximum atomic E-state index is 4.53. The number of pyridine rings is 1. The zero-order chi connectivity index (χ0) is 11.7. The average molecular weight is 242 g/mol. The number of thioether (sulfide) groups is 1. The van der Waals surface area contributed by atoms with Crippen LogP contribution in [0.25, 0.3) is 16.4 Å². The van der Waals surface area contributed by atoms with Crippen molar-refractivity contribution in [3.05, 3.63) is 48.4 Å². The Morgan fingerprint density at radius 3 is 2.94 bits per heavy atom. The standard InChI is InChI=1S/C14H14N2S/c1-17-9-8-14-15-10-12-7-6-11-4-2-3-5-13(11)16(12)14/h2-7,10H,8-9H2,1H3. The van der Waals surface area contributed by atoms with E-state index in [1.165, 1.54) is 16.4 Å². The molecule has 0 fully saturated rings. The minimum atomic E-state index is 1.02. The SMILES string of the molecule is CSCCc1ncc2ccc3ccccc3n12. The van der Waals surface area contributed by atoms with Crippen molar-refractivity contribution in [2.24, 2.45) is 0 Å². The van der Waals surface area contributed by atoms with E-state index in [1.54, 1.807) is 0 Å². The Hall–Kier alpha value is -1.48. The number of para-hydroxylation sites is 1. The summed E-state index contributed by atoms with van der Waals surface area (Å²) in [6.07, 6.45) is 5.11. The molecule has 0 spiro atoms. The molecule has 2 nitrogen and oxygen atoms in total. The Kier molecular flexibility index (Phi) is 2.77. The second-order valence-corrected chi connectivity index (χ2v) is 5.06. The molecule has 3 heteroatoms. The van der Waals surface area contributed by atoms with Crippen LogP contribution in [0.5, 0.6) is 0 Å². The van der Waals surface area contributed by atoms with Crippen molar-refractivity contribution < 1.29 is 0 Å². The van der Waals surface area contributed by atoms with Crippen molar-refractivity contribution in [1.29, 1.82) is 0 Å². The first-order chi connectivity index (χ1) is 8.40. The van der Waals surface area contributed by atoms with Crippen LogP contribution in [0.4, 0.5) is 0 Å². The molecule has 0 N–H and O–H groups in total. The Balaban J connectivity index is 2.27. The molecule has 2 heterocycles. The lowest BCUT2D eigenvalue weighted by Gasteiger charge is -2.05. The maximum Gasteiger partial charge on any atom is 0.114 e. The fraction of sp³-hybridized carbons (Fsp3) is 0.214. The number of hydrogen-bond acceptors (Lipinski definition) is 2. The van der Waals surface area contributed by atoms with Crippen molar-refractivity contribution in [3.8, 4) is 0 Å². The van der Waals surface area contributed by atoms with Crippen LogP contribution in [-0.2, 0) is 6.42 Å². The maximum absolute atomic E-state index is 4.53. The van der Waals surface area contributed by atoms with E-state index >= 15 is 0 Å². The lowest BCUT2D eigenvalue weighted by Crippen LogP contribution is -1.98. The van der Waals surface area contributed by atoms with Gasteiger partial charge in [0.1, 0.15) is 5.82 Å². The molecular weight excluding hydrogens is 228 g/mol. The molecule has 0 unspecified atom stereocenters. The van der Waals surface area contributed by atoms with Crippen LogP contribution in [0.1, 0.15) is 5.82 Å². The molecule has 3 rings (SSSR count). The van der Waals surface area contributed by atoms with Gasteiger partial charge in [-0.2, -0.15) is 11.8 Å². The van der Waals surface area contributed by atoms with E-state index in [2.05, 4.69) is 52.0 Å². The van der Waals surface area contributed by atoms with E-state index < -0.39 is 0 Å². The third kappa shape index (κ3) is 1.80. The highest BCUT2D eigenvalue weighted by atomic mass is 32.2. The first-order valence-corrected chi connectivity index (χ1v) is 7.12. The van der Waals surface area contributed by atoms with Gasteiger partial charge in [0.2, 0.25) is 0 Å². The number of aryl methyl sites for hydroxylation is 1. The van der Waals surface area contributed by atoms with Crippen molar-refractivity contribution in [2.45, 2.75) is 6.42 Å². The third-order valence-electron chi connectivity index (χ3n) is 3.00. The number of hydrogen-bond donors (Lipinski definition) is 0. The van der Waals surface area contributed by atoms with Gasteiger partial charge in [0.25, 0.3) is 0 Å². The number of aromatic nitrogens is 2. The number of fused-ring (bicyclic) bond motifs is 3. The molecule has 17 heavy (non-hydrogen) atoms. The fourth-order valence-corrected chi connectivity index (χ4v) is 2.56. The van der Waals surface area contributed by atoms with Crippen molar-refractivity contribution >= 4 is 28.2 Å². The Morgan fingerprint density at radius 1 is 1.18 bits per heavy atom. The zero-order valence-electron chi connectivity index (χ0n) is 9.76. The van der Waals surface area contributed by atoms with Crippen molar-refractivity contribution in [1.82, 2.24) is 9.38 Å². The van der Waals surface area contributed by atoms with Gasteiger partial charge in [-0.25, -0.2) is 4.98 Å². The minimum Gasteiger partial charge on any atom is -0.296 e. The third-order valence-corrected chi connectivity index (χ3v) is 3.62. The van der Waals surface area contributed by atoms with Crippen LogP contribution in [0.2, 0.25) is 0 Å². The average Bonchev–Trinajstić information content (AvgIpc) is 2.80. The van der Waals surface area contributed by atoms with Crippen LogP contribution < -0.4 is 0 Å². The molecule has 0 radical (unpaired) electrons. The molecule has 0 aliphatic rings. The van der Waals surface area contributed by atoms with Crippen LogP contribution in [-0.4, -0.2) is 21.4 Å². The van der Waals surface area contributed by atoms with E-state index in [1.807, 2.05) is 18.0 Å². The lowest BCUT2D eigenvalue weighted by atomic mass is 10.2. The van der Waals surface area contributed by atoms with Gasteiger partial charge in [0.15, 0.2) is 0 Å². The van der Waals surface area contributed by atoms with E-state index in [4.69, 9.17) is 0 Å². The summed E-state index contributed by atoms with van der Waals surface area (Å²) >= 11 is 1.86. The predicted molar refractivity (Wildman–Crippen MR) is 74.8 cm³/mol. The quantitative estimate of drug-likeness (QED) is 0.700. The second-order valence-electron chi connectivity index (χ2n) is 4.07. The van der Waals surface area contributed by atoms with Gasteiger partial charge in [-0.15, -0.1) is 0 Å². The van der Waals surface area contributed by atoms with Crippen molar-refractivity contribution in [2.75, 3.05) is 12.0 Å². The smallest absolute Gasteiger partial charge is 0.114 e. The van der Waals surface area contributed by atoms with Crippen molar-refractivity contribution in [3.63, 3.8) is 0 Å². The summed E-state index contributed by atoms with van der Waals surface area (Å²) in [5.74, 6) is 2.27. The predicted octanol–water partition coefficient (Wildman–Crippen LogP) is 3.39. The van der Waals surface area contributed by atoms with Crippen LogP contribution in [0.15, 0.2) is 42.6 Å². The molecule has 0 aliphatic carbocycles. The largest absolute Gasteiger partial charge is 0.296 e. The Bertz CT molecular complexity index is 657. The van der Waals surface area contributed by atoms with E-state index in [-0.39, 0.29) is 0 Å². The number of imidazole rings is 1. The van der Waals surface area contributed by atoms with Gasteiger partial charge < -0.3 is 0 Å². The monoisotopic (exact) mass is 242 g/mol. The minimum absolute atomic E-state index is 1.02. The van der Waals surface area contributed by atoms with Gasteiger partial charge >= 0.3 is 0 Å². The Morgan fingerprint density at radius 2 is 2.06 bits per heavy atom. The van der Waals surface area contributed by atoms with Gasteiger partial charge in [-0.3, -0.25) is 4.40 Å². The summed E-state index contributed by atoms with van der Waals surface area (Å²) in [5.41, 5.74) is 2.43. The summed E-state index contributed by atoms with van der Waals surface area (Å²) in [6.45, 7) is 0. The topological polar surface area (TPSA) is 17.3 Å². The number of benzene rings is 1. The van der Waals surface area contributed by atoms with Crippen LogP contribution in [0.3, 0.4) is 0 Å². The fourth-order valence-electron chi connectivity index (χ4n) is 2.18. The highest BCUT2D eigenvalue weighted by molar-refractivity contribution is 7.98. The molecule has 0 saturated heterocycles. The summed E-state index contributed by atoms with van der Waals surface area (Å²) in [5, 5.41) is 1.27. The molecule has 3 aromatic rings. The van der Waals surface area contributed by atoms with Gasteiger partial charge in [-0.1, -0.05) is 24.3 Å². The highest BCUT2D eigenvalue weighted by Crippen LogP contribution is 2.19. The summed E-state index contributed by atoms with van der Waals surface area (Å²) in [4.78, 5) is 4.53. The summed E-state index contributed by atoms with van der Waals surface area (Å²) in [6, 6.07) is 12.8. The van der Waals surface area contributed by atoms with E-state index in [9.17, 15) is 0 Å². The first kappa shape index (κ1) is 10.7. The normalized spacial score (nSPS) is 11.4. The second kappa shape index (κ2) is 4.41. The first-order valence-electron chi connectivity index (χ1n) is 5.73. The zero-order valence-corrected chi connectivity index (χ0v) is 10.6. The number of rotatable bonds is 3. The molecule has 86 valence electrons. The van der Waals surface area contributed by atoms with Gasteiger partial charge in [0, 0.05) is 12.2 Å². The summed E-state index contributed by atoms with van der Waals surface area (Å²) < 4.78 is 2.27. The molecule has 1 aromatic carbocycles. The Labute approximate surface area is 105 Å². The summed E-state index contributed by atoms with van der Waals surface area (Å²) in [7, 11) is 0. The molecular formula is C14H14N2S. The van der Waals surface area contributed by atoms with Crippen LogP contribution >= 0.6 is 11.8 Å².